The van der Waals surface area contributed by atoms with E-state index in [0.29, 0.717) is 41.5 Å². The van der Waals surface area contributed by atoms with E-state index in [1.54, 1.807) is 31.3 Å². The van der Waals surface area contributed by atoms with Gasteiger partial charge in [0.25, 0.3) is 5.79 Å². The summed E-state index contributed by atoms with van der Waals surface area (Å²) < 4.78 is 29.3. The Morgan fingerprint density at radius 3 is 2.70 bits per heavy atom. The van der Waals surface area contributed by atoms with Crippen molar-refractivity contribution in [2.24, 2.45) is 0 Å². The van der Waals surface area contributed by atoms with Crippen molar-refractivity contribution >= 4 is 23.6 Å². The van der Waals surface area contributed by atoms with Gasteiger partial charge in [0.15, 0.2) is 11.5 Å². The Kier molecular flexibility index (Phi) is 7.06. The first-order valence-corrected chi connectivity index (χ1v) is 13.9. The molecule has 0 bridgehead atoms. The molecule has 40 heavy (non-hydrogen) atoms. The Morgan fingerprint density at radius 1 is 1.23 bits per heavy atom. The van der Waals surface area contributed by atoms with Crippen molar-refractivity contribution in [2.75, 3.05) is 13.1 Å². The van der Waals surface area contributed by atoms with Gasteiger partial charge < -0.3 is 24.3 Å². The lowest BCUT2D eigenvalue weighted by molar-refractivity contribution is -0.131. The summed E-state index contributed by atoms with van der Waals surface area (Å²) in [5.41, 5.74) is 2.09. The molecule has 1 saturated carbocycles. The van der Waals surface area contributed by atoms with Crippen molar-refractivity contribution in [3.63, 3.8) is 0 Å². The van der Waals surface area contributed by atoms with Crippen LogP contribution < -0.4 is 9.47 Å². The first-order valence-electron chi connectivity index (χ1n) is 13.5. The molecule has 1 aromatic heterocycles. The van der Waals surface area contributed by atoms with E-state index in [2.05, 4.69) is 20.5 Å². The summed E-state index contributed by atoms with van der Waals surface area (Å²) >= 11 is 5.95. The number of aromatic nitrogens is 2. The second-order valence-electron chi connectivity index (χ2n) is 10.9. The molecule has 1 unspecified atom stereocenters. The second kappa shape index (κ2) is 10.5. The van der Waals surface area contributed by atoms with Crippen LogP contribution in [0.1, 0.15) is 67.2 Å². The Bertz CT molecular complexity index is 1460. The molecule has 3 aromatic rings. The number of piperidine rings is 1. The minimum Gasteiger partial charge on any atom is -0.478 e. The van der Waals surface area contributed by atoms with Crippen molar-refractivity contribution < 1.29 is 28.9 Å². The zero-order chi connectivity index (χ0) is 28.0. The molecule has 8 nitrogen and oxygen atoms in total. The van der Waals surface area contributed by atoms with Crippen LogP contribution >= 0.6 is 11.6 Å². The van der Waals surface area contributed by atoms with Gasteiger partial charge in [-0.25, -0.2) is 14.2 Å². The summed E-state index contributed by atoms with van der Waals surface area (Å²) in [4.78, 5) is 18.0. The van der Waals surface area contributed by atoms with E-state index in [1.165, 1.54) is 6.07 Å². The normalized spacial score (nSPS) is 24.9. The highest BCUT2D eigenvalue weighted by Crippen LogP contribution is 2.50. The molecule has 3 aliphatic rings. The highest BCUT2D eigenvalue weighted by atomic mass is 35.5. The fourth-order valence-electron chi connectivity index (χ4n) is 6.04. The largest absolute Gasteiger partial charge is 0.478 e. The number of aliphatic carboxylic acids is 1. The summed E-state index contributed by atoms with van der Waals surface area (Å²) in [7, 11) is 0. The number of ether oxygens (including phenoxy) is 2. The van der Waals surface area contributed by atoms with Crippen LogP contribution in [0.25, 0.3) is 6.08 Å². The second-order valence-corrected chi connectivity index (χ2v) is 11.4. The van der Waals surface area contributed by atoms with Gasteiger partial charge in [0, 0.05) is 29.6 Å². The van der Waals surface area contributed by atoms with Crippen LogP contribution in [0, 0.1) is 5.82 Å². The molecule has 1 saturated heterocycles. The standard InChI is InChI=1S/C30H31ClFN3O5/c1-30(24-7-5-19(31)13-25(24)32)39-26-4-2-3-23(29(26)40-30)18-9-11-34(12-10-18)17-27-33-16-20(6-8-28(37)38)35(27)21-14-22(36)15-21/h2-8,13,16,18,21-22,36H,9-12,14-15,17H2,1H3,(H,37,38)/b8-6+. The SMILES string of the molecule is CC1(c2ccc(Cl)cc2F)Oc2cccc(C3CCN(Cc4ncc(/C=C/C(=O)O)n4C4CC(O)C4)CC3)c2O1. The maximum atomic E-state index is 14.8. The molecule has 2 aromatic carbocycles. The summed E-state index contributed by atoms with van der Waals surface area (Å²) in [6.07, 6.45) is 7.15. The molecule has 1 atom stereocenters. The number of nitrogens with zero attached hydrogens (tertiary/aromatic N) is 3. The predicted octanol–water partition coefficient (Wildman–Crippen LogP) is 5.49. The number of carbonyl (C=O) groups is 1. The summed E-state index contributed by atoms with van der Waals surface area (Å²) in [5.74, 6) is -0.386. The van der Waals surface area contributed by atoms with E-state index in [0.717, 1.165) is 49.1 Å². The quantitative estimate of drug-likeness (QED) is 0.364. The highest BCUT2D eigenvalue weighted by molar-refractivity contribution is 6.30. The van der Waals surface area contributed by atoms with Gasteiger partial charge >= 0.3 is 5.97 Å². The van der Waals surface area contributed by atoms with Gasteiger partial charge in [-0.3, -0.25) is 4.90 Å². The Balaban J connectivity index is 1.15. The van der Waals surface area contributed by atoms with Crippen LogP contribution in [0.3, 0.4) is 0 Å². The molecule has 2 N–H and O–H groups in total. The molecule has 2 fully saturated rings. The van der Waals surface area contributed by atoms with Gasteiger partial charge in [-0.2, -0.15) is 0 Å². The van der Waals surface area contributed by atoms with Crippen LogP contribution in [0.15, 0.2) is 48.7 Å². The van der Waals surface area contributed by atoms with E-state index >= 15 is 0 Å². The van der Waals surface area contributed by atoms with E-state index in [9.17, 15) is 14.3 Å². The number of halogens is 2. The van der Waals surface area contributed by atoms with Crippen LogP contribution in [0.4, 0.5) is 4.39 Å². The molecule has 2 aliphatic heterocycles. The van der Waals surface area contributed by atoms with Gasteiger partial charge in [-0.1, -0.05) is 23.7 Å². The van der Waals surface area contributed by atoms with Crippen molar-refractivity contribution in [2.45, 2.75) is 63.0 Å². The highest BCUT2D eigenvalue weighted by Gasteiger charge is 2.43. The third-order valence-corrected chi connectivity index (χ3v) is 8.41. The minimum atomic E-state index is -1.28. The lowest BCUT2D eigenvalue weighted by atomic mass is 9.88. The molecule has 0 radical (unpaired) electrons. The van der Waals surface area contributed by atoms with Crippen molar-refractivity contribution in [3.8, 4) is 11.5 Å². The van der Waals surface area contributed by atoms with Gasteiger partial charge in [-0.05, 0) is 75.0 Å². The predicted molar refractivity (Wildman–Crippen MR) is 147 cm³/mol. The third-order valence-electron chi connectivity index (χ3n) is 8.18. The molecular formula is C30H31ClFN3O5. The monoisotopic (exact) mass is 567 g/mol. The van der Waals surface area contributed by atoms with Crippen LogP contribution in [-0.2, 0) is 17.1 Å². The molecule has 6 rings (SSSR count). The van der Waals surface area contributed by atoms with E-state index in [1.807, 2.05) is 12.1 Å². The number of fused-ring (bicyclic) bond motifs is 1. The Hall–Kier alpha value is -3.40. The number of rotatable bonds is 7. The number of hydrogen-bond donors (Lipinski definition) is 2. The van der Waals surface area contributed by atoms with E-state index < -0.39 is 17.6 Å². The lowest BCUT2D eigenvalue weighted by Gasteiger charge is -2.36. The number of likely N-dealkylation sites (tertiary alicyclic amines) is 1. The fourth-order valence-corrected chi connectivity index (χ4v) is 6.20. The summed E-state index contributed by atoms with van der Waals surface area (Å²) in [5, 5.41) is 19.2. The summed E-state index contributed by atoms with van der Waals surface area (Å²) in [6.45, 7) is 4.05. The first kappa shape index (κ1) is 26.8. The van der Waals surface area contributed by atoms with Crippen LogP contribution in [0.2, 0.25) is 5.02 Å². The first-order chi connectivity index (χ1) is 19.2. The molecule has 10 heteroatoms. The minimum absolute atomic E-state index is 0.113. The zero-order valence-corrected chi connectivity index (χ0v) is 22.9. The number of aliphatic hydroxyl groups excluding tert-OH is 1. The number of carboxylic acids is 1. The van der Waals surface area contributed by atoms with E-state index in [-0.39, 0.29) is 18.1 Å². The lowest BCUT2D eigenvalue weighted by Crippen LogP contribution is -2.36. The maximum absolute atomic E-state index is 14.8. The van der Waals surface area contributed by atoms with Gasteiger partial charge in [0.05, 0.1) is 30.1 Å². The molecular weight excluding hydrogens is 537 g/mol. The van der Waals surface area contributed by atoms with Crippen molar-refractivity contribution in [1.82, 2.24) is 14.5 Å². The topological polar surface area (TPSA) is 97.1 Å². The Morgan fingerprint density at radius 2 is 2.00 bits per heavy atom. The maximum Gasteiger partial charge on any atom is 0.328 e. The number of para-hydroxylation sites is 1. The van der Waals surface area contributed by atoms with Gasteiger partial charge in [0.1, 0.15) is 11.6 Å². The average molecular weight is 568 g/mol. The number of imidazole rings is 1. The van der Waals surface area contributed by atoms with E-state index in [4.69, 9.17) is 26.2 Å². The molecule has 0 spiro atoms. The van der Waals surface area contributed by atoms with Gasteiger partial charge in [0.2, 0.25) is 0 Å². The number of hydrogen-bond acceptors (Lipinski definition) is 6. The molecule has 0 amide bonds. The third kappa shape index (κ3) is 5.09. The molecule has 3 heterocycles. The average Bonchev–Trinajstić information content (AvgIpc) is 3.45. The number of carboxylic acid groups (broad SMARTS) is 1. The van der Waals surface area contributed by atoms with Crippen LogP contribution in [0.5, 0.6) is 11.5 Å². The number of aliphatic hydroxyl groups is 1. The number of benzene rings is 2. The molecule has 1 aliphatic carbocycles. The Labute approximate surface area is 236 Å². The summed E-state index contributed by atoms with van der Waals surface area (Å²) in [6, 6.07) is 10.5. The zero-order valence-electron chi connectivity index (χ0n) is 22.1. The molecule has 210 valence electrons. The smallest absolute Gasteiger partial charge is 0.328 e. The van der Waals surface area contributed by atoms with Crippen molar-refractivity contribution in [1.29, 1.82) is 0 Å². The van der Waals surface area contributed by atoms with Gasteiger partial charge in [-0.15, -0.1) is 0 Å². The van der Waals surface area contributed by atoms with Crippen molar-refractivity contribution in [3.05, 3.63) is 82.2 Å². The fraction of sp³-hybridized carbons (Fsp3) is 0.400. The van der Waals surface area contributed by atoms with Crippen LogP contribution in [-0.4, -0.2) is 49.8 Å².